The van der Waals surface area contributed by atoms with Crippen LogP contribution in [0.15, 0.2) is 152 Å². The van der Waals surface area contributed by atoms with E-state index >= 15 is 0 Å². The molecule has 0 fully saturated rings. The van der Waals surface area contributed by atoms with Gasteiger partial charge >= 0.3 is 0 Å². The van der Waals surface area contributed by atoms with E-state index in [1.54, 1.807) is 0 Å². The first kappa shape index (κ1) is 28.1. The predicted octanol–water partition coefficient (Wildman–Crippen LogP) is 10.4. The van der Waals surface area contributed by atoms with Crippen molar-refractivity contribution in [2.75, 3.05) is 0 Å². The van der Waals surface area contributed by atoms with Crippen molar-refractivity contribution >= 4 is 0 Å². The highest BCUT2D eigenvalue weighted by atomic mass is 14.9. The first-order valence-electron chi connectivity index (χ1n) is 16.4. The molecule has 3 heteroatoms. The quantitative estimate of drug-likeness (QED) is 0.199. The van der Waals surface area contributed by atoms with Gasteiger partial charge < -0.3 is 0 Å². The third-order valence-corrected chi connectivity index (χ3v) is 10.4. The number of aromatic nitrogens is 2. The molecule has 226 valence electrons. The molecule has 2 aliphatic rings. The van der Waals surface area contributed by atoms with Gasteiger partial charge in [-0.15, -0.1) is 0 Å². The molecule has 1 aromatic heterocycles. The number of hydrogen-bond donors (Lipinski definition) is 0. The fourth-order valence-corrected chi connectivity index (χ4v) is 8.32. The van der Waals surface area contributed by atoms with Crippen LogP contribution in [0.5, 0.6) is 0 Å². The number of fused-ring (bicyclic) bond motifs is 9. The third kappa shape index (κ3) is 3.87. The summed E-state index contributed by atoms with van der Waals surface area (Å²) in [6, 6.07) is 55.8. The molecule has 0 unspecified atom stereocenters. The second kappa shape index (κ2) is 10.5. The van der Waals surface area contributed by atoms with Gasteiger partial charge in [0, 0.05) is 22.1 Å². The fraction of sp³-hybridized carbons (Fsp3) is 0.0889. The molecule has 6 aromatic carbocycles. The van der Waals surface area contributed by atoms with E-state index in [1.165, 1.54) is 44.5 Å². The first-order valence-corrected chi connectivity index (χ1v) is 16.4. The van der Waals surface area contributed by atoms with Gasteiger partial charge in [0.1, 0.15) is 0 Å². The van der Waals surface area contributed by atoms with E-state index < -0.39 is 5.41 Å². The van der Waals surface area contributed by atoms with E-state index in [2.05, 4.69) is 117 Å². The van der Waals surface area contributed by atoms with Gasteiger partial charge in [0.25, 0.3) is 0 Å². The molecule has 0 saturated carbocycles. The Balaban J connectivity index is 1.38. The van der Waals surface area contributed by atoms with E-state index in [4.69, 9.17) is 9.97 Å². The van der Waals surface area contributed by atoms with Gasteiger partial charge in [0.05, 0.1) is 28.4 Å². The molecular weight excluding hydrogens is 583 g/mol. The average Bonchev–Trinajstić information content (AvgIpc) is 3.45. The SMILES string of the molecule is CC1(C)c2ccccc2C2(c3ccccc3-c3c(-c4cc(-c5cccc(C#N)c5)nc(-c5ccccc5)n4)cccc32)c2ccccc21. The standard InChI is InChI=1S/C45H31N3/c1-44(2)35-21-8-10-23-37(35)45(38-24-11-9-22-36(38)44)34-20-7-6-18-32(34)42-33(19-13-25-39(42)45)41-27-40(31-17-12-14-29(26-31)28-46)47-43(48-41)30-15-4-3-5-16-30/h3-27H,1-2H3. The lowest BCUT2D eigenvalue weighted by Gasteiger charge is -2.46. The number of hydrogen-bond acceptors (Lipinski definition) is 3. The largest absolute Gasteiger partial charge is 0.228 e. The highest BCUT2D eigenvalue weighted by molar-refractivity contribution is 5.96. The van der Waals surface area contributed by atoms with E-state index in [0.717, 1.165) is 28.1 Å². The van der Waals surface area contributed by atoms with Crippen LogP contribution in [0.1, 0.15) is 52.8 Å². The van der Waals surface area contributed by atoms with Gasteiger partial charge in [0.2, 0.25) is 0 Å². The Kier molecular flexibility index (Phi) is 6.13. The minimum atomic E-state index is -0.482. The highest BCUT2D eigenvalue weighted by Gasteiger charge is 2.53. The second-order valence-corrected chi connectivity index (χ2v) is 13.3. The molecule has 2 aliphatic carbocycles. The van der Waals surface area contributed by atoms with E-state index in [-0.39, 0.29) is 5.41 Å². The summed E-state index contributed by atoms with van der Waals surface area (Å²) in [5.41, 5.74) is 14.8. The molecule has 3 nitrogen and oxygen atoms in total. The van der Waals surface area contributed by atoms with Crippen molar-refractivity contribution in [3.8, 4) is 51.1 Å². The summed E-state index contributed by atoms with van der Waals surface area (Å²) >= 11 is 0. The highest BCUT2D eigenvalue weighted by Crippen LogP contribution is 2.63. The lowest BCUT2D eigenvalue weighted by atomic mass is 9.55. The number of nitrogens with zero attached hydrogens (tertiary/aromatic N) is 3. The number of benzene rings is 6. The maximum Gasteiger partial charge on any atom is 0.160 e. The summed E-state index contributed by atoms with van der Waals surface area (Å²) in [5, 5.41) is 9.68. The van der Waals surface area contributed by atoms with Crippen LogP contribution in [0.2, 0.25) is 0 Å². The van der Waals surface area contributed by atoms with Crippen LogP contribution in [0, 0.1) is 11.3 Å². The predicted molar refractivity (Wildman–Crippen MR) is 192 cm³/mol. The van der Waals surface area contributed by atoms with Gasteiger partial charge in [-0.1, -0.05) is 147 Å². The molecule has 48 heavy (non-hydrogen) atoms. The van der Waals surface area contributed by atoms with Gasteiger partial charge in [-0.05, 0) is 62.7 Å². The van der Waals surface area contributed by atoms with Crippen LogP contribution < -0.4 is 0 Å². The van der Waals surface area contributed by atoms with E-state index in [1.807, 2.05) is 54.6 Å². The maximum atomic E-state index is 9.68. The molecule has 9 rings (SSSR count). The monoisotopic (exact) mass is 613 g/mol. The molecule has 1 heterocycles. The normalized spacial score (nSPS) is 14.4. The smallest absolute Gasteiger partial charge is 0.160 e. The van der Waals surface area contributed by atoms with Crippen LogP contribution >= 0.6 is 0 Å². The van der Waals surface area contributed by atoms with Crippen molar-refractivity contribution in [1.82, 2.24) is 9.97 Å². The van der Waals surface area contributed by atoms with Crippen molar-refractivity contribution < 1.29 is 0 Å². The zero-order valence-electron chi connectivity index (χ0n) is 26.8. The second-order valence-electron chi connectivity index (χ2n) is 13.3. The number of nitriles is 1. The Hall–Kier alpha value is -6.11. The molecule has 0 amide bonds. The van der Waals surface area contributed by atoms with Gasteiger partial charge in [0.15, 0.2) is 5.82 Å². The molecule has 7 aromatic rings. The van der Waals surface area contributed by atoms with Crippen LogP contribution in [0.25, 0.3) is 45.0 Å². The molecule has 0 saturated heterocycles. The van der Waals surface area contributed by atoms with Crippen LogP contribution in [-0.2, 0) is 10.8 Å². The van der Waals surface area contributed by atoms with Crippen LogP contribution in [0.3, 0.4) is 0 Å². The minimum absolute atomic E-state index is 0.155. The Morgan fingerprint density at radius 2 is 1.02 bits per heavy atom. The molecule has 1 spiro atoms. The molecule has 0 N–H and O–H groups in total. The summed E-state index contributed by atoms with van der Waals surface area (Å²) in [5.74, 6) is 0.652. The lowest BCUT2D eigenvalue weighted by molar-refractivity contribution is 0.563. The first-order chi connectivity index (χ1) is 23.5. The van der Waals surface area contributed by atoms with Crippen molar-refractivity contribution in [2.24, 2.45) is 0 Å². The van der Waals surface area contributed by atoms with Gasteiger partial charge in [-0.3, -0.25) is 0 Å². The Bertz CT molecular complexity index is 2400. The van der Waals surface area contributed by atoms with E-state index in [9.17, 15) is 5.26 Å². The molecule has 0 aliphatic heterocycles. The number of rotatable bonds is 3. The summed E-state index contributed by atoms with van der Waals surface area (Å²) in [6.07, 6.45) is 0. The average molecular weight is 614 g/mol. The van der Waals surface area contributed by atoms with Crippen molar-refractivity contribution in [3.05, 3.63) is 191 Å². The topological polar surface area (TPSA) is 49.6 Å². The van der Waals surface area contributed by atoms with Crippen molar-refractivity contribution in [3.63, 3.8) is 0 Å². The minimum Gasteiger partial charge on any atom is -0.228 e. The summed E-state index contributed by atoms with van der Waals surface area (Å²) < 4.78 is 0. The molecule has 0 bridgehead atoms. The third-order valence-electron chi connectivity index (χ3n) is 10.4. The van der Waals surface area contributed by atoms with Crippen molar-refractivity contribution in [1.29, 1.82) is 5.26 Å². The summed E-state index contributed by atoms with van der Waals surface area (Å²) in [7, 11) is 0. The lowest BCUT2D eigenvalue weighted by Crippen LogP contribution is -2.40. The molecular formula is C45H31N3. The van der Waals surface area contributed by atoms with E-state index in [0.29, 0.717) is 11.4 Å². The van der Waals surface area contributed by atoms with Crippen LogP contribution in [-0.4, -0.2) is 9.97 Å². The summed E-state index contributed by atoms with van der Waals surface area (Å²) in [6.45, 7) is 4.70. The maximum absolute atomic E-state index is 9.68. The molecule has 0 atom stereocenters. The van der Waals surface area contributed by atoms with Gasteiger partial charge in [-0.2, -0.15) is 5.26 Å². The van der Waals surface area contributed by atoms with Crippen molar-refractivity contribution in [2.45, 2.75) is 24.7 Å². The Morgan fingerprint density at radius 3 is 1.73 bits per heavy atom. The zero-order valence-corrected chi connectivity index (χ0v) is 26.8. The fourth-order valence-electron chi connectivity index (χ4n) is 8.32. The van der Waals surface area contributed by atoms with Crippen LogP contribution in [0.4, 0.5) is 0 Å². The molecule has 0 radical (unpaired) electrons. The van der Waals surface area contributed by atoms with Gasteiger partial charge in [-0.25, -0.2) is 9.97 Å². The Morgan fingerprint density at radius 1 is 0.479 bits per heavy atom. The summed E-state index contributed by atoms with van der Waals surface area (Å²) in [4.78, 5) is 10.3. The Labute approximate surface area is 280 Å². The zero-order chi connectivity index (χ0) is 32.5.